The van der Waals surface area contributed by atoms with Crippen LogP contribution >= 0.6 is 11.3 Å². The molecule has 3 rings (SSSR count). The number of nitrogens with two attached hydrogens (primary N) is 1. The molecule has 0 saturated carbocycles. The molecule has 3 aromatic heterocycles. The SMILES string of the molecule is Nc1nc(OCc2cccs2)c2[nH]cnc2n1. The van der Waals surface area contributed by atoms with Crippen molar-refractivity contribution in [1.29, 1.82) is 0 Å². The number of aromatic nitrogens is 4. The number of aromatic amines is 1. The van der Waals surface area contributed by atoms with Gasteiger partial charge in [0.05, 0.1) is 6.33 Å². The van der Waals surface area contributed by atoms with E-state index in [9.17, 15) is 0 Å². The topological polar surface area (TPSA) is 89.7 Å². The first-order valence-corrected chi connectivity index (χ1v) is 5.82. The zero-order chi connectivity index (χ0) is 11.7. The Hall–Kier alpha value is -2.15. The summed E-state index contributed by atoms with van der Waals surface area (Å²) in [6.45, 7) is 0.461. The van der Waals surface area contributed by atoms with Gasteiger partial charge in [-0.05, 0) is 11.4 Å². The lowest BCUT2D eigenvalue weighted by molar-refractivity contribution is 0.301. The number of nitrogens with one attached hydrogen (secondary N) is 1. The first-order chi connectivity index (χ1) is 8.33. The Morgan fingerprint density at radius 3 is 3.18 bits per heavy atom. The van der Waals surface area contributed by atoms with Gasteiger partial charge in [-0.15, -0.1) is 11.3 Å². The Morgan fingerprint density at radius 2 is 2.35 bits per heavy atom. The second-order valence-electron chi connectivity index (χ2n) is 3.36. The van der Waals surface area contributed by atoms with Gasteiger partial charge in [0, 0.05) is 4.88 Å². The molecule has 0 atom stereocenters. The van der Waals surface area contributed by atoms with E-state index in [0.717, 1.165) is 4.88 Å². The second kappa shape index (κ2) is 4.02. The van der Waals surface area contributed by atoms with Crippen molar-refractivity contribution >= 4 is 28.4 Å². The number of hydrogen-bond acceptors (Lipinski definition) is 6. The van der Waals surface area contributed by atoms with Gasteiger partial charge in [0.15, 0.2) is 5.65 Å². The molecule has 6 nitrogen and oxygen atoms in total. The molecule has 0 aliphatic rings. The van der Waals surface area contributed by atoms with Crippen LogP contribution in [0.2, 0.25) is 0 Å². The third-order valence-electron chi connectivity index (χ3n) is 2.20. The van der Waals surface area contributed by atoms with Crippen molar-refractivity contribution in [3.8, 4) is 5.88 Å². The maximum Gasteiger partial charge on any atom is 0.245 e. The Balaban J connectivity index is 1.91. The lowest BCUT2D eigenvalue weighted by Crippen LogP contribution is -2.01. The summed E-state index contributed by atoms with van der Waals surface area (Å²) >= 11 is 1.63. The van der Waals surface area contributed by atoms with Gasteiger partial charge in [-0.3, -0.25) is 0 Å². The first-order valence-electron chi connectivity index (χ1n) is 4.95. The summed E-state index contributed by atoms with van der Waals surface area (Å²) in [7, 11) is 0. The quantitative estimate of drug-likeness (QED) is 0.733. The van der Waals surface area contributed by atoms with E-state index in [0.29, 0.717) is 23.7 Å². The van der Waals surface area contributed by atoms with Crippen LogP contribution in [0.25, 0.3) is 11.2 Å². The molecular weight excluding hydrogens is 238 g/mol. The molecule has 0 spiro atoms. The number of hydrogen-bond donors (Lipinski definition) is 2. The number of nitrogens with zero attached hydrogens (tertiary/aromatic N) is 3. The minimum absolute atomic E-state index is 0.158. The molecule has 0 aliphatic heterocycles. The molecule has 0 saturated heterocycles. The first kappa shape index (κ1) is 10.0. The highest BCUT2D eigenvalue weighted by Crippen LogP contribution is 2.21. The molecule has 7 heteroatoms. The lowest BCUT2D eigenvalue weighted by atomic mass is 10.5. The summed E-state index contributed by atoms with van der Waals surface area (Å²) in [5.74, 6) is 0.587. The van der Waals surface area contributed by atoms with Gasteiger partial charge < -0.3 is 15.5 Å². The van der Waals surface area contributed by atoms with Gasteiger partial charge in [-0.25, -0.2) is 4.98 Å². The summed E-state index contributed by atoms with van der Waals surface area (Å²) < 4.78 is 5.61. The van der Waals surface area contributed by atoms with Gasteiger partial charge in [-0.1, -0.05) is 6.07 Å². The third kappa shape index (κ3) is 1.92. The van der Waals surface area contributed by atoms with Crippen molar-refractivity contribution < 1.29 is 4.74 Å². The summed E-state index contributed by atoms with van der Waals surface area (Å²) in [5.41, 5.74) is 6.75. The van der Waals surface area contributed by atoms with Crippen molar-refractivity contribution in [2.45, 2.75) is 6.61 Å². The van der Waals surface area contributed by atoms with Crippen molar-refractivity contribution in [1.82, 2.24) is 19.9 Å². The number of thiophene rings is 1. The number of anilines is 1. The molecule has 0 aromatic carbocycles. The lowest BCUT2D eigenvalue weighted by Gasteiger charge is -2.04. The molecule has 3 aromatic rings. The zero-order valence-corrected chi connectivity index (χ0v) is 9.57. The van der Waals surface area contributed by atoms with E-state index in [-0.39, 0.29) is 5.95 Å². The summed E-state index contributed by atoms with van der Waals surface area (Å²) in [6, 6.07) is 3.98. The van der Waals surface area contributed by atoms with Crippen molar-refractivity contribution in [3.63, 3.8) is 0 Å². The van der Waals surface area contributed by atoms with Crippen LogP contribution in [0.4, 0.5) is 5.95 Å². The van der Waals surface area contributed by atoms with Gasteiger partial charge in [-0.2, -0.15) is 9.97 Å². The van der Waals surface area contributed by atoms with E-state index in [2.05, 4.69) is 19.9 Å². The molecule has 0 radical (unpaired) electrons. The second-order valence-corrected chi connectivity index (χ2v) is 4.39. The van der Waals surface area contributed by atoms with Crippen molar-refractivity contribution in [2.24, 2.45) is 0 Å². The highest BCUT2D eigenvalue weighted by molar-refractivity contribution is 7.09. The molecule has 86 valence electrons. The minimum atomic E-state index is 0.158. The highest BCUT2D eigenvalue weighted by atomic mass is 32.1. The molecule has 3 N–H and O–H groups in total. The maximum absolute atomic E-state index is 5.61. The van der Waals surface area contributed by atoms with Gasteiger partial charge in [0.1, 0.15) is 12.1 Å². The van der Waals surface area contributed by atoms with E-state index >= 15 is 0 Å². The average Bonchev–Trinajstić information content (AvgIpc) is 2.95. The highest BCUT2D eigenvalue weighted by Gasteiger charge is 2.09. The minimum Gasteiger partial charge on any atom is -0.470 e. The van der Waals surface area contributed by atoms with Crippen LogP contribution < -0.4 is 10.5 Å². The summed E-state index contributed by atoms with van der Waals surface area (Å²) in [6.07, 6.45) is 1.54. The standard InChI is InChI=1S/C10H9N5OS/c11-10-14-8-7(12-5-13-8)9(15-10)16-4-6-2-1-3-17-6/h1-3,5H,4H2,(H3,11,12,13,14,15). The van der Waals surface area contributed by atoms with Crippen LogP contribution in [0.5, 0.6) is 5.88 Å². The van der Waals surface area contributed by atoms with Crippen molar-refractivity contribution in [2.75, 3.05) is 5.73 Å². The molecule has 0 amide bonds. The van der Waals surface area contributed by atoms with Crippen LogP contribution in [0.3, 0.4) is 0 Å². The maximum atomic E-state index is 5.61. The Kier molecular flexibility index (Phi) is 2.37. The normalized spacial score (nSPS) is 10.8. The number of ether oxygens (including phenoxy) is 1. The largest absolute Gasteiger partial charge is 0.470 e. The van der Waals surface area contributed by atoms with Crippen LogP contribution in [-0.2, 0) is 6.61 Å². The Labute approximate surface area is 100 Å². The van der Waals surface area contributed by atoms with Crippen LogP contribution in [-0.4, -0.2) is 19.9 Å². The zero-order valence-electron chi connectivity index (χ0n) is 8.75. The fourth-order valence-corrected chi connectivity index (χ4v) is 2.08. The summed E-state index contributed by atoms with van der Waals surface area (Å²) in [4.78, 5) is 16.1. The molecular formula is C10H9N5OS. The number of H-pyrrole nitrogens is 1. The number of fused-ring (bicyclic) bond motifs is 1. The molecule has 0 unspecified atom stereocenters. The van der Waals surface area contributed by atoms with E-state index in [1.54, 1.807) is 11.3 Å². The molecule has 3 heterocycles. The van der Waals surface area contributed by atoms with Crippen LogP contribution in [0.15, 0.2) is 23.8 Å². The molecule has 0 fully saturated rings. The van der Waals surface area contributed by atoms with Gasteiger partial charge in [0.25, 0.3) is 0 Å². The van der Waals surface area contributed by atoms with E-state index in [4.69, 9.17) is 10.5 Å². The fraction of sp³-hybridized carbons (Fsp3) is 0.100. The molecule has 0 bridgehead atoms. The van der Waals surface area contributed by atoms with E-state index < -0.39 is 0 Å². The Bertz CT molecular complexity index is 633. The van der Waals surface area contributed by atoms with E-state index in [1.807, 2.05) is 17.5 Å². The predicted octanol–water partition coefficient (Wildman–Crippen LogP) is 1.58. The predicted molar refractivity (Wildman–Crippen MR) is 64.7 cm³/mol. The van der Waals surface area contributed by atoms with E-state index in [1.165, 1.54) is 6.33 Å². The third-order valence-corrected chi connectivity index (χ3v) is 3.05. The monoisotopic (exact) mass is 247 g/mol. The molecule has 0 aliphatic carbocycles. The van der Waals surface area contributed by atoms with Gasteiger partial charge >= 0.3 is 0 Å². The fourth-order valence-electron chi connectivity index (χ4n) is 1.46. The van der Waals surface area contributed by atoms with Crippen LogP contribution in [0, 0.1) is 0 Å². The average molecular weight is 247 g/mol. The van der Waals surface area contributed by atoms with Crippen molar-refractivity contribution in [3.05, 3.63) is 28.7 Å². The Morgan fingerprint density at radius 1 is 1.41 bits per heavy atom. The number of rotatable bonds is 3. The molecule has 17 heavy (non-hydrogen) atoms. The number of nitrogen functional groups attached to an aromatic ring is 1. The summed E-state index contributed by atoms with van der Waals surface area (Å²) in [5, 5.41) is 2.00. The number of imidazole rings is 1. The van der Waals surface area contributed by atoms with Crippen LogP contribution in [0.1, 0.15) is 4.88 Å². The van der Waals surface area contributed by atoms with Gasteiger partial charge in [0.2, 0.25) is 11.8 Å². The smallest absolute Gasteiger partial charge is 0.245 e.